The lowest BCUT2D eigenvalue weighted by atomic mass is 10.2. The van der Waals surface area contributed by atoms with Crippen LogP contribution in [-0.2, 0) is 6.18 Å². The van der Waals surface area contributed by atoms with Gasteiger partial charge >= 0.3 is 6.18 Å². The van der Waals surface area contributed by atoms with Crippen LogP contribution in [0.5, 0.6) is 0 Å². The molecule has 5 nitrogen and oxygen atoms in total. The van der Waals surface area contributed by atoms with E-state index in [0.717, 1.165) is 18.0 Å². The summed E-state index contributed by atoms with van der Waals surface area (Å²) in [5.41, 5.74) is 0.957. The highest BCUT2D eigenvalue weighted by Crippen LogP contribution is 2.36. The minimum Gasteiger partial charge on any atom is -0.434 e. The molecule has 0 radical (unpaired) electrons. The number of oxazole rings is 1. The van der Waals surface area contributed by atoms with Gasteiger partial charge in [-0.2, -0.15) is 18.2 Å². The van der Waals surface area contributed by atoms with E-state index in [4.69, 9.17) is 4.42 Å². The Bertz CT molecular complexity index is 1060. The molecule has 0 aliphatic rings. The smallest absolute Gasteiger partial charge is 0.417 e. The van der Waals surface area contributed by atoms with Gasteiger partial charge < -0.3 is 9.14 Å². The molecule has 4 rings (SSSR count). The van der Waals surface area contributed by atoms with Crippen LogP contribution in [0, 0.1) is 0 Å². The molecule has 0 spiro atoms. The number of aromatic nitrogens is 3. The predicted octanol–water partition coefficient (Wildman–Crippen LogP) is 5.42. The van der Waals surface area contributed by atoms with Crippen LogP contribution in [0.1, 0.15) is 5.56 Å². The van der Waals surface area contributed by atoms with E-state index in [-0.39, 0.29) is 4.90 Å². The number of fused-ring (bicyclic) bond motifs is 1. The van der Waals surface area contributed by atoms with E-state index in [0.29, 0.717) is 28.5 Å². The molecule has 0 aliphatic carbocycles. The third-order valence-electron chi connectivity index (χ3n) is 3.63. The Labute approximate surface area is 155 Å². The molecule has 0 bridgehead atoms. The highest BCUT2D eigenvalue weighted by molar-refractivity contribution is 8.00. The Hall–Kier alpha value is -3.07. The van der Waals surface area contributed by atoms with Crippen molar-refractivity contribution in [3.63, 3.8) is 0 Å². The van der Waals surface area contributed by atoms with Crippen molar-refractivity contribution < 1.29 is 17.6 Å². The topological polar surface area (TPSA) is 63.8 Å². The summed E-state index contributed by atoms with van der Waals surface area (Å²) in [5.74, 6) is 0.736. The van der Waals surface area contributed by atoms with Gasteiger partial charge in [0.2, 0.25) is 5.89 Å². The second-order valence-electron chi connectivity index (χ2n) is 5.47. The number of nitrogens with zero attached hydrogens (tertiary/aromatic N) is 3. The number of anilines is 1. The molecular weight excluding hydrogens is 377 g/mol. The van der Waals surface area contributed by atoms with Crippen molar-refractivity contribution in [2.45, 2.75) is 11.1 Å². The monoisotopic (exact) mass is 388 g/mol. The summed E-state index contributed by atoms with van der Waals surface area (Å²) in [6.07, 6.45) is -1.29. The van der Waals surface area contributed by atoms with E-state index in [2.05, 4.69) is 19.7 Å². The van der Waals surface area contributed by atoms with Gasteiger partial charge in [-0.25, -0.2) is 9.97 Å². The number of hydrogen-bond donors (Lipinski definition) is 1. The maximum absolute atomic E-state index is 13.1. The van der Waals surface area contributed by atoms with Crippen LogP contribution in [0.4, 0.5) is 19.0 Å². The van der Waals surface area contributed by atoms with E-state index in [1.165, 1.54) is 18.3 Å². The molecule has 1 N–H and O–H groups in total. The lowest BCUT2D eigenvalue weighted by Crippen LogP contribution is -2.07. The van der Waals surface area contributed by atoms with Crippen LogP contribution in [0.3, 0.4) is 0 Å². The van der Waals surface area contributed by atoms with E-state index < -0.39 is 11.7 Å². The molecule has 1 aromatic carbocycles. The Morgan fingerprint density at radius 1 is 0.963 bits per heavy atom. The van der Waals surface area contributed by atoms with E-state index in [9.17, 15) is 13.2 Å². The maximum atomic E-state index is 13.1. The zero-order valence-corrected chi connectivity index (χ0v) is 14.4. The van der Waals surface area contributed by atoms with Crippen molar-refractivity contribution in [3.8, 4) is 11.5 Å². The van der Waals surface area contributed by atoms with E-state index >= 15 is 0 Å². The summed E-state index contributed by atoms with van der Waals surface area (Å²) < 4.78 is 47.7. The van der Waals surface area contributed by atoms with Gasteiger partial charge in [-0.05, 0) is 48.3 Å². The molecule has 3 aromatic heterocycles. The standard InChI is InChI=1S/C18H11F3N4OS/c19-18(20,21)12-4-1-2-6-14(12)27-25-15-10-11(7-9-22-15)17-24-16-13(26-17)5-3-8-23-16/h1-10H,(H,22,25). The molecule has 0 fully saturated rings. The third-order valence-corrected chi connectivity index (χ3v) is 4.52. The molecule has 3 heterocycles. The molecule has 4 aromatic rings. The summed E-state index contributed by atoms with van der Waals surface area (Å²) in [5, 5.41) is 0. The average molecular weight is 388 g/mol. The maximum Gasteiger partial charge on any atom is 0.417 e. The van der Waals surface area contributed by atoms with Gasteiger partial charge in [0.15, 0.2) is 11.2 Å². The molecule has 0 atom stereocenters. The Morgan fingerprint density at radius 3 is 2.63 bits per heavy atom. The van der Waals surface area contributed by atoms with Crippen molar-refractivity contribution in [2.75, 3.05) is 4.72 Å². The minimum atomic E-state index is -4.42. The summed E-state index contributed by atoms with van der Waals surface area (Å²) in [4.78, 5) is 12.6. The predicted molar refractivity (Wildman–Crippen MR) is 96.0 cm³/mol. The first kappa shape index (κ1) is 17.3. The molecule has 0 aliphatic heterocycles. The van der Waals surface area contributed by atoms with E-state index in [1.807, 2.05) is 0 Å². The number of benzene rings is 1. The summed E-state index contributed by atoms with van der Waals surface area (Å²) in [6.45, 7) is 0. The zero-order valence-electron chi connectivity index (χ0n) is 13.6. The van der Waals surface area contributed by atoms with Gasteiger partial charge in [-0.15, -0.1) is 0 Å². The molecular formula is C18H11F3N4OS. The molecule has 0 saturated heterocycles. The van der Waals surface area contributed by atoms with Crippen molar-refractivity contribution in [3.05, 3.63) is 66.5 Å². The number of rotatable bonds is 4. The van der Waals surface area contributed by atoms with Crippen molar-refractivity contribution in [1.82, 2.24) is 15.0 Å². The minimum absolute atomic E-state index is 0.0586. The Morgan fingerprint density at radius 2 is 1.81 bits per heavy atom. The Kier molecular flexibility index (Phi) is 4.44. The second-order valence-corrected chi connectivity index (χ2v) is 6.32. The van der Waals surface area contributed by atoms with Crippen LogP contribution in [0.2, 0.25) is 0 Å². The van der Waals surface area contributed by atoms with Gasteiger partial charge in [0.25, 0.3) is 0 Å². The van der Waals surface area contributed by atoms with Crippen LogP contribution in [-0.4, -0.2) is 15.0 Å². The fraction of sp³-hybridized carbons (Fsp3) is 0.0556. The van der Waals surface area contributed by atoms with Gasteiger partial charge in [0, 0.05) is 22.9 Å². The largest absolute Gasteiger partial charge is 0.434 e. The lowest BCUT2D eigenvalue weighted by Gasteiger charge is -2.12. The quantitative estimate of drug-likeness (QED) is 0.471. The number of hydrogen-bond acceptors (Lipinski definition) is 6. The normalized spacial score (nSPS) is 11.7. The first-order chi connectivity index (χ1) is 13.0. The molecule has 0 saturated carbocycles. The fourth-order valence-corrected chi connectivity index (χ4v) is 3.18. The molecule has 0 amide bonds. The lowest BCUT2D eigenvalue weighted by molar-refractivity contribution is -0.139. The molecule has 136 valence electrons. The van der Waals surface area contributed by atoms with Crippen molar-refractivity contribution in [1.29, 1.82) is 0 Å². The Balaban J connectivity index is 1.57. The zero-order chi connectivity index (χ0) is 18.9. The number of nitrogens with one attached hydrogen (secondary N) is 1. The van der Waals surface area contributed by atoms with Crippen LogP contribution < -0.4 is 4.72 Å². The second kappa shape index (κ2) is 6.92. The van der Waals surface area contributed by atoms with Gasteiger partial charge in [-0.3, -0.25) is 0 Å². The van der Waals surface area contributed by atoms with Gasteiger partial charge in [-0.1, -0.05) is 12.1 Å². The van der Waals surface area contributed by atoms with Gasteiger partial charge in [0.1, 0.15) is 5.82 Å². The van der Waals surface area contributed by atoms with E-state index in [1.54, 1.807) is 36.5 Å². The summed E-state index contributed by atoms with van der Waals surface area (Å²) in [6, 6.07) is 12.2. The average Bonchev–Trinajstić information content (AvgIpc) is 3.10. The van der Waals surface area contributed by atoms with Crippen LogP contribution >= 0.6 is 11.9 Å². The molecule has 9 heteroatoms. The number of alkyl halides is 3. The summed E-state index contributed by atoms with van der Waals surface area (Å²) in [7, 11) is 0. The molecule has 0 unspecified atom stereocenters. The highest BCUT2D eigenvalue weighted by atomic mass is 32.2. The van der Waals surface area contributed by atoms with Crippen LogP contribution in [0.15, 0.2) is 70.2 Å². The number of halogens is 3. The van der Waals surface area contributed by atoms with Crippen molar-refractivity contribution >= 4 is 29.0 Å². The number of pyridine rings is 2. The first-order valence-electron chi connectivity index (χ1n) is 7.78. The van der Waals surface area contributed by atoms with Crippen LogP contribution in [0.25, 0.3) is 22.7 Å². The summed E-state index contributed by atoms with van der Waals surface area (Å²) >= 11 is 0.840. The van der Waals surface area contributed by atoms with Gasteiger partial charge in [0.05, 0.1) is 5.56 Å². The first-order valence-corrected chi connectivity index (χ1v) is 8.59. The van der Waals surface area contributed by atoms with Crippen molar-refractivity contribution in [2.24, 2.45) is 0 Å². The molecule has 27 heavy (non-hydrogen) atoms. The SMILES string of the molecule is FC(F)(F)c1ccccc1SNc1cc(-c2nc3ncccc3o2)ccn1. The highest BCUT2D eigenvalue weighted by Gasteiger charge is 2.33. The fourth-order valence-electron chi connectivity index (χ4n) is 2.41. The third kappa shape index (κ3) is 3.72.